The molecule has 0 aliphatic heterocycles. The third kappa shape index (κ3) is 8.06. The van der Waals surface area contributed by atoms with Crippen molar-refractivity contribution in [3.63, 3.8) is 0 Å². The molecule has 0 aromatic rings. The minimum absolute atomic E-state index is 0.142. The fourth-order valence-corrected chi connectivity index (χ4v) is 2.42. The van der Waals surface area contributed by atoms with Crippen molar-refractivity contribution >= 4 is 0 Å². The molecule has 3 heteroatoms. The highest BCUT2D eigenvalue weighted by atomic mass is 16.5. The molecule has 0 N–H and O–H groups in total. The lowest BCUT2D eigenvalue weighted by Gasteiger charge is -2.34. The molecule has 0 aromatic carbocycles. The average molecular weight is 260 g/mol. The van der Waals surface area contributed by atoms with Crippen LogP contribution in [0.25, 0.3) is 0 Å². The fourth-order valence-electron chi connectivity index (χ4n) is 2.42. The molecule has 0 saturated heterocycles. The maximum atomic E-state index is 5.85. The predicted octanol–water partition coefficient (Wildman–Crippen LogP) is 3.80. The molecule has 0 aliphatic rings. The summed E-state index contributed by atoms with van der Waals surface area (Å²) in [5.74, 6) is 0. The Kier molecular flexibility index (Phi) is 8.08. The summed E-state index contributed by atoms with van der Waals surface area (Å²) in [5, 5.41) is 0. The molecule has 0 spiro atoms. The van der Waals surface area contributed by atoms with Crippen LogP contribution in [0.1, 0.15) is 61.3 Å². The molecule has 0 amide bonds. The van der Waals surface area contributed by atoms with Gasteiger partial charge in [-0.25, -0.2) is 0 Å². The van der Waals surface area contributed by atoms with E-state index in [1.165, 1.54) is 0 Å². The molecule has 0 heterocycles. The van der Waals surface area contributed by atoms with Gasteiger partial charge in [0.15, 0.2) is 0 Å². The van der Waals surface area contributed by atoms with Crippen LogP contribution in [0.3, 0.4) is 0 Å². The summed E-state index contributed by atoms with van der Waals surface area (Å²) < 4.78 is 17.4. The summed E-state index contributed by atoms with van der Waals surface area (Å²) in [5.41, 5.74) is -0.284. The maximum absolute atomic E-state index is 5.85. The zero-order valence-electron chi connectivity index (χ0n) is 13.3. The quantitative estimate of drug-likeness (QED) is 0.598. The molecule has 0 aliphatic carbocycles. The fraction of sp³-hybridized carbons (Fsp3) is 1.00. The van der Waals surface area contributed by atoms with E-state index in [2.05, 4.69) is 27.7 Å². The Bertz CT molecular complexity index is 192. The van der Waals surface area contributed by atoms with Crippen molar-refractivity contribution < 1.29 is 14.2 Å². The van der Waals surface area contributed by atoms with E-state index in [0.29, 0.717) is 0 Å². The average Bonchev–Trinajstić information content (AvgIpc) is 2.15. The molecular weight excluding hydrogens is 228 g/mol. The van der Waals surface area contributed by atoms with Gasteiger partial charge >= 0.3 is 0 Å². The van der Waals surface area contributed by atoms with Gasteiger partial charge in [0.2, 0.25) is 0 Å². The van der Waals surface area contributed by atoms with Crippen LogP contribution in [0.4, 0.5) is 0 Å². The number of ether oxygens (including phenoxy) is 3. The van der Waals surface area contributed by atoms with Gasteiger partial charge in [0.25, 0.3) is 0 Å². The van der Waals surface area contributed by atoms with Crippen LogP contribution in [0.2, 0.25) is 0 Å². The Hall–Kier alpha value is -0.120. The summed E-state index contributed by atoms with van der Waals surface area (Å²) in [6, 6.07) is 0. The van der Waals surface area contributed by atoms with Gasteiger partial charge in [0, 0.05) is 32.7 Å². The largest absolute Gasteiger partial charge is 0.378 e. The van der Waals surface area contributed by atoms with Gasteiger partial charge in [-0.1, -0.05) is 0 Å². The first kappa shape index (κ1) is 17.9. The van der Waals surface area contributed by atoms with Crippen LogP contribution in [0, 0.1) is 0 Å². The first-order valence-electron chi connectivity index (χ1n) is 7.15. The van der Waals surface area contributed by atoms with E-state index in [1.807, 2.05) is 20.8 Å². The number of hydrogen-bond donors (Lipinski definition) is 0. The molecule has 0 bridgehead atoms. The highest BCUT2D eigenvalue weighted by molar-refractivity contribution is 4.81. The summed E-state index contributed by atoms with van der Waals surface area (Å²) in [7, 11) is 0. The minimum Gasteiger partial charge on any atom is -0.378 e. The van der Waals surface area contributed by atoms with Gasteiger partial charge < -0.3 is 14.2 Å². The second kappa shape index (κ2) is 8.13. The van der Waals surface area contributed by atoms with Crippen molar-refractivity contribution in [3.8, 4) is 0 Å². The van der Waals surface area contributed by atoms with Crippen LogP contribution in [0.15, 0.2) is 0 Å². The van der Waals surface area contributed by atoms with E-state index in [9.17, 15) is 0 Å². The van der Waals surface area contributed by atoms with Crippen molar-refractivity contribution in [2.75, 3.05) is 19.8 Å². The van der Waals surface area contributed by atoms with Crippen molar-refractivity contribution in [3.05, 3.63) is 0 Å². The first-order valence-corrected chi connectivity index (χ1v) is 7.15. The Labute approximate surface area is 113 Å². The van der Waals surface area contributed by atoms with Crippen LogP contribution >= 0.6 is 0 Å². The molecule has 0 radical (unpaired) electrons. The molecule has 0 saturated carbocycles. The van der Waals surface area contributed by atoms with E-state index >= 15 is 0 Å². The normalized spacial score (nSPS) is 13.3. The first-order chi connectivity index (χ1) is 8.26. The van der Waals surface area contributed by atoms with Gasteiger partial charge in [0.05, 0.1) is 17.3 Å². The van der Waals surface area contributed by atoms with E-state index < -0.39 is 0 Å². The number of hydrogen-bond acceptors (Lipinski definition) is 3. The van der Waals surface area contributed by atoms with Gasteiger partial charge in [0.1, 0.15) is 0 Å². The van der Waals surface area contributed by atoms with Gasteiger partial charge in [-0.05, 0) is 48.5 Å². The van der Waals surface area contributed by atoms with E-state index in [-0.39, 0.29) is 17.3 Å². The Balaban J connectivity index is 4.47. The Morgan fingerprint density at radius 2 is 1.11 bits per heavy atom. The summed E-state index contributed by atoms with van der Waals surface area (Å²) in [6.07, 6.45) is 1.97. The minimum atomic E-state index is -0.142. The van der Waals surface area contributed by atoms with Crippen LogP contribution in [-0.4, -0.2) is 37.1 Å². The van der Waals surface area contributed by atoms with E-state index in [0.717, 1.165) is 32.7 Å². The lowest BCUT2D eigenvalue weighted by atomic mass is 9.92. The molecular formula is C15H32O3. The molecule has 0 unspecified atom stereocenters. The lowest BCUT2D eigenvalue weighted by molar-refractivity contribution is -0.0947. The third-order valence-corrected chi connectivity index (χ3v) is 2.91. The van der Waals surface area contributed by atoms with Gasteiger partial charge in [-0.15, -0.1) is 0 Å². The van der Waals surface area contributed by atoms with Crippen LogP contribution < -0.4 is 0 Å². The standard InChI is InChI=1S/C15H32O3/c1-8-16-13(11-14(4,5)17-9-2)12-15(6,7)18-10-3/h13H,8-12H2,1-7H3. The maximum Gasteiger partial charge on any atom is 0.0651 e. The van der Waals surface area contributed by atoms with E-state index in [4.69, 9.17) is 14.2 Å². The van der Waals surface area contributed by atoms with E-state index in [1.54, 1.807) is 0 Å². The zero-order chi connectivity index (χ0) is 14.2. The van der Waals surface area contributed by atoms with Gasteiger partial charge in [-0.3, -0.25) is 0 Å². The second-order valence-corrected chi connectivity index (χ2v) is 5.87. The Morgan fingerprint density at radius 3 is 1.39 bits per heavy atom. The van der Waals surface area contributed by atoms with Crippen molar-refractivity contribution in [1.82, 2.24) is 0 Å². The summed E-state index contributed by atoms with van der Waals surface area (Å²) in [4.78, 5) is 0. The van der Waals surface area contributed by atoms with Crippen LogP contribution in [-0.2, 0) is 14.2 Å². The van der Waals surface area contributed by atoms with Crippen molar-refractivity contribution in [1.29, 1.82) is 0 Å². The van der Waals surface area contributed by atoms with Gasteiger partial charge in [-0.2, -0.15) is 0 Å². The predicted molar refractivity (Wildman–Crippen MR) is 76.1 cm³/mol. The lowest BCUT2D eigenvalue weighted by Crippen LogP contribution is -2.37. The topological polar surface area (TPSA) is 27.7 Å². The molecule has 18 heavy (non-hydrogen) atoms. The highest BCUT2D eigenvalue weighted by Gasteiger charge is 2.29. The van der Waals surface area contributed by atoms with Crippen molar-refractivity contribution in [2.45, 2.75) is 78.6 Å². The van der Waals surface area contributed by atoms with Crippen molar-refractivity contribution in [2.24, 2.45) is 0 Å². The molecule has 0 rings (SSSR count). The molecule has 110 valence electrons. The smallest absolute Gasteiger partial charge is 0.0651 e. The zero-order valence-corrected chi connectivity index (χ0v) is 13.3. The molecule has 3 nitrogen and oxygen atoms in total. The summed E-state index contributed by atoms with van der Waals surface area (Å²) >= 11 is 0. The third-order valence-electron chi connectivity index (χ3n) is 2.91. The SMILES string of the molecule is CCOC(CC(C)(C)OCC)CC(C)(C)OCC. The van der Waals surface area contributed by atoms with Crippen LogP contribution in [0.5, 0.6) is 0 Å². The summed E-state index contributed by atoms with van der Waals surface area (Å²) in [6.45, 7) is 16.8. The second-order valence-electron chi connectivity index (χ2n) is 5.87. The Morgan fingerprint density at radius 1 is 0.722 bits per heavy atom. The highest BCUT2D eigenvalue weighted by Crippen LogP contribution is 2.26. The molecule has 0 aromatic heterocycles. The number of rotatable bonds is 10. The monoisotopic (exact) mass is 260 g/mol. The molecule has 0 fully saturated rings. The molecule has 0 atom stereocenters.